The molecule has 43 heavy (non-hydrogen) atoms. The SMILES string of the molecule is CCCC(CC(=O)OC)c1c(O)c2ccccc2oc1=O.CCCC(CC(=O)OCC)c1c(O)c2ccccc2oc1=O. The van der Waals surface area contributed by atoms with E-state index in [1.54, 1.807) is 55.5 Å². The smallest absolute Gasteiger partial charge is 0.343 e. The van der Waals surface area contributed by atoms with E-state index in [1.165, 1.54) is 7.11 Å². The molecule has 0 aliphatic rings. The first-order valence-corrected chi connectivity index (χ1v) is 14.4. The summed E-state index contributed by atoms with van der Waals surface area (Å²) in [6.07, 6.45) is 2.82. The van der Waals surface area contributed by atoms with E-state index in [4.69, 9.17) is 13.6 Å². The fourth-order valence-corrected chi connectivity index (χ4v) is 5.12. The van der Waals surface area contributed by atoms with Gasteiger partial charge in [-0.3, -0.25) is 9.59 Å². The van der Waals surface area contributed by atoms with Gasteiger partial charge in [0.25, 0.3) is 0 Å². The van der Waals surface area contributed by atoms with Crippen LogP contribution >= 0.6 is 0 Å². The average molecular weight is 595 g/mol. The highest BCUT2D eigenvalue weighted by Gasteiger charge is 2.26. The number of rotatable bonds is 11. The van der Waals surface area contributed by atoms with Gasteiger partial charge >= 0.3 is 23.2 Å². The van der Waals surface area contributed by atoms with E-state index in [2.05, 4.69) is 4.74 Å². The van der Waals surface area contributed by atoms with Crippen LogP contribution < -0.4 is 11.3 Å². The lowest BCUT2D eigenvalue weighted by Crippen LogP contribution is -2.17. The van der Waals surface area contributed by atoms with E-state index in [0.29, 0.717) is 34.8 Å². The summed E-state index contributed by atoms with van der Waals surface area (Å²) in [5, 5.41) is 21.8. The molecule has 2 aromatic heterocycles. The van der Waals surface area contributed by atoms with Crippen LogP contribution in [0.2, 0.25) is 0 Å². The summed E-state index contributed by atoms with van der Waals surface area (Å²) in [6.45, 7) is 5.92. The van der Waals surface area contributed by atoms with E-state index < -0.39 is 29.1 Å². The Bertz CT molecular complexity index is 1670. The molecule has 0 bridgehead atoms. The number of esters is 2. The third kappa shape index (κ3) is 8.03. The van der Waals surface area contributed by atoms with Gasteiger partial charge in [0.15, 0.2) is 0 Å². The number of aromatic hydroxyl groups is 2. The number of fused-ring (bicyclic) bond motifs is 2. The first-order chi connectivity index (χ1) is 20.7. The summed E-state index contributed by atoms with van der Waals surface area (Å²) >= 11 is 0. The molecule has 10 nitrogen and oxygen atoms in total. The molecule has 0 aliphatic carbocycles. The minimum Gasteiger partial charge on any atom is -0.507 e. The van der Waals surface area contributed by atoms with Crippen LogP contribution in [0, 0.1) is 0 Å². The molecule has 0 amide bonds. The Morgan fingerprint density at radius 2 is 1.14 bits per heavy atom. The van der Waals surface area contributed by atoms with Crippen molar-refractivity contribution in [1.29, 1.82) is 0 Å². The fraction of sp³-hybridized carbons (Fsp3) is 0.394. The molecule has 2 aromatic carbocycles. The van der Waals surface area contributed by atoms with Crippen molar-refractivity contribution in [2.45, 2.75) is 71.1 Å². The van der Waals surface area contributed by atoms with Crippen molar-refractivity contribution >= 4 is 33.9 Å². The maximum absolute atomic E-state index is 12.2. The molecule has 230 valence electrons. The predicted molar refractivity (Wildman–Crippen MR) is 161 cm³/mol. The maximum Gasteiger partial charge on any atom is 0.343 e. The van der Waals surface area contributed by atoms with Gasteiger partial charge in [0.1, 0.15) is 22.7 Å². The van der Waals surface area contributed by atoms with Gasteiger partial charge in [-0.05, 0) is 44.0 Å². The molecule has 0 saturated heterocycles. The van der Waals surface area contributed by atoms with Crippen LogP contribution in [0.4, 0.5) is 0 Å². The molecular formula is C33H38O10. The Labute approximate surface area is 248 Å². The molecule has 2 unspecified atom stereocenters. The third-order valence-electron chi connectivity index (χ3n) is 7.09. The largest absolute Gasteiger partial charge is 0.507 e. The number of carbonyl (C=O) groups excluding carboxylic acids is 2. The van der Waals surface area contributed by atoms with Gasteiger partial charge in [0, 0.05) is 11.8 Å². The average Bonchev–Trinajstić information content (AvgIpc) is 2.97. The zero-order valence-electron chi connectivity index (χ0n) is 24.9. The number of carbonyl (C=O) groups is 2. The maximum atomic E-state index is 12.2. The number of hydrogen-bond donors (Lipinski definition) is 2. The van der Waals surface area contributed by atoms with Crippen LogP contribution in [0.3, 0.4) is 0 Å². The molecule has 2 N–H and O–H groups in total. The number of benzene rings is 2. The normalized spacial score (nSPS) is 12.3. The van der Waals surface area contributed by atoms with Crippen LogP contribution in [0.15, 0.2) is 67.0 Å². The van der Waals surface area contributed by atoms with E-state index in [1.807, 2.05) is 13.8 Å². The van der Waals surface area contributed by atoms with Crippen molar-refractivity contribution in [2.24, 2.45) is 0 Å². The molecule has 2 heterocycles. The van der Waals surface area contributed by atoms with E-state index in [0.717, 1.165) is 12.8 Å². The van der Waals surface area contributed by atoms with Crippen molar-refractivity contribution in [3.05, 3.63) is 80.5 Å². The Kier molecular flexibility index (Phi) is 11.9. The lowest BCUT2D eigenvalue weighted by atomic mass is 9.91. The number of para-hydroxylation sites is 2. The molecular weight excluding hydrogens is 556 g/mol. The van der Waals surface area contributed by atoms with Crippen molar-refractivity contribution in [3.8, 4) is 11.5 Å². The Hall–Kier alpha value is -4.60. The second-order valence-corrected chi connectivity index (χ2v) is 10.1. The molecule has 0 spiro atoms. The second-order valence-electron chi connectivity index (χ2n) is 10.1. The predicted octanol–water partition coefficient (Wildman–Crippen LogP) is 6.28. The van der Waals surface area contributed by atoms with Crippen molar-refractivity contribution in [1.82, 2.24) is 0 Å². The van der Waals surface area contributed by atoms with Crippen LogP contribution in [0.5, 0.6) is 11.5 Å². The molecule has 0 saturated carbocycles. The van der Waals surface area contributed by atoms with Crippen LogP contribution in [-0.4, -0.2) is 35.9 Å². The summed E-state index contributed by atoms with van der Waals surface area (Å²) < 4.78 is 20.1. The zero-order chi connectivity index (χ0) is 31.5. The molecule has 2 atom stereocenters. The molecule has 0 aliphatic heterocycles. The first kappa shape index (κ1) is 32.9. The van der Waals surface area contributed by atoms with Gasteiger partial charge in [0.2, 0.25) is 0 Å². The van der Waals surface area contributed by atoms with E-state index >= 15 is 0 Å². The number of ether oxygens (including phenoxy) is 2. The zero-order valence-corrected chi connectivity index (χ0v) is 24.9. The summed E-state index contributed by atoms with van der Waals surface area (Å²) in [5.41, 5.74) is -0.223. The highest BCUT2D eigenvalue weighted by atomic mass is 16.5. The van der Waals surface area contributed by atoms with Gasteiger partial charge in [0.05, 0.1) is 48.5 Å². The Balaban J connectivity index is 0.000000236. The second kappa shape index (κ2) is 15.6. The first-order valence-electron chi connectivity index (χ1n) is 14.4. The number of methoxy groups -OCH3 is 1. The fourth-order valence-electron chi connectivity index (χ4n) is 5.12. The lowest BCUT2D eigenvalue weighted by Gasteiger charge is -2.16. The third-order valence-corrected chi connectivity index (χ3v) is 7.09. The van der Waals surface area contributed by atoms with Crippen LogP contribution in [0.1, 0.15) is 82.3 Å². The van der Waals surface area contributed by atoms with Gasteiger partial charge in [-0.15, -0.1) is 0 Å². The topological polar surface area (TPSA) is 153 Å². The minimum absolute atomic E-state index is 0.0427. The number of hydrogen-bond acceptors (Lipinski definition) is 10. The Morgan fingerprint density at radius 1 is 0.721 bits per heavy atom. The summed E-state index contributed by atoms with van der Waals surface area (Å²) in [4.78, 5) is 47.7. The van der Waals surface area contributed by atoms with Crippen molar-refractivity contribution in [3.63, 3.8) is 0 Å². The van der Waals surface area contributed by atoms with Crippen molar-refractivity contribution < 1.29 is 38.1 Å². The monoisotopic (exact) mass is 594 g/mol. The summed E-state index contributed by atoms with van der Waals surface area (Å²) in [5.74, 6) is -1.83. The quantitative estimate of drug-likeness (QED) is 0.150. The Morgan fingerprint density at radius 3 is 1.53 bits per heavy atom. The minimum atomic E-state index is -0.603. The van der Waals surface area contributed by atoms with Crippen LogP contribution in [-0.2, 0) is 19.1 Å². The van der Waals surface area contributed by atoms with E-state index in [-0.39, 0.29) is 48.0 Å². The van der Waals surface area contributed by atoms with Crippen molar-refractivity contribution in [2.75, 3.05) is 13.7 Å². The van der Waals surface area contributed by atoms with Gasteiger partial charge in [-0.1, -0.05) is 51.0 Å². The van der Waals surface area contributed by atoms with Crippen LogP contribution in [0.25, 0.3) is 21.9 Å². The molecule has 4 rings (SSSR count). The van der Waals surface area contributed by atoms with Gasteiger partial charge < -0.3 is 28.5 Å². The van der Waals surface area contributed by atoms with E-state index in [9.17, 15) is 29.4 Å². The lowest BCUT2D eigenvalue weighted by molar-refractivity contribution is -0.143. The van der Waals surface area contributed by atoms with Gasteiger partial charge in [-0.25, -0.2) is 9.59 Å². The molecule has 0 fully saturated rings. The highest BCUT2D eigenvalue weighted by molar-refractivity contribution is 5.85. The van der Waals surface area contributed by atoms with Gasteiger partial charge in [-0.2, -0.15) is 0 Å². The summed E-state index contributed by atoms with van der Waals surface area (Å²) in [6, 6.07) is 13.6. The molecule has 0 radical (unpaired) electrons. The summed E-state index contributed by atoms with van der Waals surface area (Å²) in [7, 11) is 1.30. The molecule has 4 aromatic rings. The molecule has 10 heteroatoms. The highest BCUT2D eigenvalue weighted by Crippen LogP contribution is 2.36. The standard InChI is InChI=1S/C17H20O5.C16H18O5/c1-3-7-11(10-14(18)21-4-2)15-16(19)12-8-5-6-9-13(12)22-17(15)20;1-3-6-10(9-13(17)20-2)14-15(18)11-7-4-5-8-12(11)21-16(14)19/h5-6,8-9,11,19H,3-4,7,10H2,1-2H3;4-5,7-8,10,18H,3,6,9H2,1-2H3.